The molecule has 2 aromatic carbocycles. The van der Waals surface area contributed by atoms with Crippen molar-refractivity contribution in [3.63, 3.8) is 0 Å². The van der Waals surface area contributed by atoms with E-state index in [1.807, 2.05) is 13.0 Å². The van der Waals surface area contributed by atoms with Crippen LogP contribution in [-0.2, 0) is 4.79 Å². The van der Waals surface area contributed by atoms with Crippen molar-refractivity contribution in [2.75, 3.05) is 13.2 Å². The largest absolute Gasteiger partial charge is 0.507 e. The number of nitrogens with one attached hydrogen (secondary N) is 1. The zero-order valence-electron chi connectivity index (χ0n) is 13.0. The highest BCUT2D eigenvalue weighted by molar-refractivity contribution is 9.10. The van der Waals surface area contributed by atoms with Gasteiger partial charge in [-0.05, 0) is 37.3 Å². The molecular weight excluding hydrogens is 376 g/mol. The van der Waals surface area contributed by atoms with Crippen molar-refractivity contribution in [3.8, 4) is 17.2 Å². The molecule has 0 spiro atoms. The summed E-state index contributed by atoms with van der Waals surface area (Å²) in [6.07, 6.45) is 1.35. The summed E-state index contributed by atoms with van der Waals surface area (Å²) in [5.74, 6) is 0.712. The molecule has 0 aromatic heterocycles. The van der Waals surface area contributed by atoms with Gasteiger partial charge in [-0.2, -0.15) is 5.10 Å². The molecule has 0 aliphatic rings. The highest BCUT2D eigenvalue weighted by atomic mass is 79.9. The van der Waals surface area contributed by atoms with Gasteiger partial charge in [-0.3, -0.25) is 4.79 Å². The van der Waals surface area contributed by atoms with Gasteiger partial charge < -0.3 is 14.6 Å². The number of phenolic OH excluding ortho intramolecular Hbond substituents is 1. The molecule has 0 aliphatic carbocycles. The number of carbonyl (C=O) groups excluding carboxylic acids is 1. The van der Waals surface area contributed by atoms with Crippen LogP contribution in [0.1, 0.15) is 12.5 Å². The molecule has 2 rings (SSSR count). The van der Waals surface area contributed by atoms with E-state index in [1.54, 1.807) is 30.3 Å². The number of hydrazone groups is 1. The molecule has 126 valence electrons. The van der Waals surface area contributed by atoms with E-state index in [2.05, 4.69) is 26.5 Å². The van der Waals surface area contributed by atoms with Crippen LogP contribution in [0.5, 0.6) is 17.2 Å². The van der Waals surface area contributed by atoms with Gasteiger partial charge in [0.25, 0.3) is 5.91 Å². The number of amides is 1. The molecular formula is C17H17BrN2O4. The second-order valence-corrected chi connectivity index (χ2v) is 5.58. The molecule has 2 aromatic rings. The molecule has 0 radical (unpaired) electrons. The van der Waals surface area contributed by atoms with Crippen LogP contribution in [0, 0.1) is 0 Å². The minimum absolute atomic E-state index is 0.0677. The van der Waals surface area contributed by atoms with E-state index < -0.39 is 5.91 Å². The Bertz CT molecular complexity index is 734. The van der Waals surface area contributed by atoms with Crippen LogP contribution in [0.3, 0.4) is 0 Å². The fourth-order valence-corrected chi connectivity index (χ4v) is 2.20. The number of nitrogens with zero attached hydrogens (tertiary/aromatic N) is 1. The molecule has 6 nitrogen and oxygen atoms in total. The molecule has 0 heterocycles. The van der Waals surface area contributed by atoms with Gasteiger partial charge in [0, 0.05) is 10.0 Å². The lowest BCUT2D eigenvalue weighted by Gasteiger charge is -2.10. The number of hydrogen-bond donors (Lipinski definition) is 2. The monoisotopic (exact) mass is 392 g/mol. The zero-order valence-corrected chi connectivity index (χ0v) is 14.6. The summed E-state index contributed by atoms with van der Waals surface area (Å²) in [7, 11) is 0. The topological polar surface area (TPSA) is 80.2 Å². The van der Waals surface area contributed by atoms with Crippen molar-refractivity contribution in [2.24, 2.45) is 5.10 Å². The quantitative estimate of drug-likeness (QED) is 0.560. The lowest BCUT2D eigenvalue weighted by atomic mass is 10.2. The van der Waals surface area contributed by atoms with Crippen molar-refractivity contribution in [1.29, 1.82) is 0 Å². The Morgan fingerprint density at radius 2 is 1.96 bits per heavy atom. The number of aromatic hydroxyl groups is 1. The summed E-state index contributed by atoms with van der Waals surface area (Å²) < 4.78 is 11.6. The van der Waals surface area contributed by atoms with Crippen molar-refractivity contribution >= 4 is 28.1 Å². The van der Waals surface area contributed by atoms with E-state index in [0.717, 1.165) is 4.47 Å². The normalized spacial score (nSPS) is 10.6. The first-order valence-electron chi connectivity index (χ1n) is 7.25. The molecule has 1 amide bonds. The van der Waals surface area contributed by atoms with E-state index in [1.165, 1.54) is 12.3 Å². The number of carbonyl (C=O) groups is 1. The molecule has 0 atom stereocenters. The number of phenols is 1. The third-order valence-corrected chi connectivity index (χ3v) is 3.38. The van der Waals surface area contributed by atoms with E-state index in [0.29, 0.717) is 23.7 Å². The molecule has 0 saturated heterocycles. The minimum Gasteiger partial charge on any atom is -0.507 e. The summed E-state index contributed by atoms with van der Waals surface area (Å²) >= 11 is 3.30. The highest BCUT2D eigenvalue weighted by Gasteiger charge is 2.06. The van der Waals surface area contributed by atoms with E-state index in [9.17, 15) is 9.90 Å². The second kappa shape index (κ2) is 8.93. The summed E-state index contributed by atoms with van der Waals surface area (Å²) in [5.41, 5.74) is 2.82. The smallest absolute Gasteiger partial charge is 0.277 e. The van der Waals surface area contributed by atoms with Gasteiger partial charge in [0.1, 0.15) is 5.75 Å². The number of benzene rings is 2. The number of rotatable bonds is 7. The van der Waals surface area contributed by atoms with Gasteiger partial charge >= 0.3 is 0 Å². The van der Waals surface area contributed by atoms with Gasteiger partial charge in [0.15, 0.2) is 18.1 Å². The van der Waals surface area contributed by atoms with Crippen LogP contribution in [0.4, 0.5) is 0 Å². The van der Waals surface area contributed by atoms with Crippen LogP contribution >= 0.6 is 15.9 Å². The SMILES string of the molecule is CCOc1ccccc1OCC(=O)NN=Cc1cc(Br)ccc1O. The predicted molar refractivity (Wildman–Crippen MR) is 94.6 cm³/mol. The average molecular weight is 393 g/mol. The third-order valence-electron chi connectivity index (χ3n) is 2.89. The van der Waals surface area contributed by atoms with Crippen LogP contribution in [0.15, 0.2) is 52.0 Å². The van der Waals surface area contributed by atoms with Crippen LogP contribution in [0.25, 0.3) is 0 Å². The molecule has 0 aliphatic heterocycles. The van der Waals surface area contributed by atoms with Crippen LogP contribution < -0.4 is 14.9 Å². The predicted octanol–water partition coefficient (Wildman–Crippen LogP) is 3.08. The lowest BCUT2D eigenvalue weighted by Crippen LogP contribution is -2.24. The van der Waals surface area contributed by atoms with E-state index in [4.69, 9.17) is 9.47 Å². The second-order valence-electron chi connectivity index (χ2n) is 4.66. The maximum Gasteiger partial charge on any atom is 0.277 e. The maximum absolute atomic E-state index is 11.8. The van der Waals surface area contributed by atoms with Crippen molar-refractivity contribution in [3.05, 3.63) is 52.5 Å². The average Bonchev–Trinajstić information content (AvgIpc) is 2.57. The standard InChI is InChI=1S/C17H17BrN2O4/c1-2-23-15-5-3-4-6-16(15)24-11-17(22)20-19-10-12-9-13(18)7-8-14(12)21/h3-10,21H,2,11H2,1H3,(H,20,22). The Labute approximate surface area is 148 Å². The van der Waals surface area contributed by atoms with Gasteiger partial charge in [-0.15, -0.1) is 0 Å². The molecule has 0 bridgehead atoms. The van der Waals surface area contributed by atoms with Crippen molar-refractivity contribution in [1.82, 2.24) is 5.43 Å². The maximum atomic E-state index is 11.8. The zero-order chi connectivity index (χ0) is 17.4. The molecule has 0 saturated carbocycles. The first-order chi connectivity index (χ1) is 11.6. The molecule has 24 heavy (non-hydrogen) atoms. The van der Waals surface area contributed by atoms with Gasteiger partial charge in [-0.25, -0.2) is 5.43 Å². The van der Waals surface area contributed by atoms with Gasteiger partial charge in [0.2, 0.25) is 0 Å². The summed E-state index contributed by atoms with van der Waals surface area (Å²) in [5, 5.41) is 13.5. The Hall–Kier alpha value is -2.54. The summed E-state index contributed by atoms with van der Waals surface area (Å²) in [6, 6.07) is 12.0. The molecule has 2 N–H and O–H groups in total. The highest BCUT2D eigenvalue weighted by Crippen LogP contribution is 2.26. The van der Waals surface area contributed by atoms with Crippen molar-refractivity contribution < 1.29 is 19.4 Å². The molecule has 0 fully saturated rings. The Kier molecular flexibility index (Phi) is 6.62. The first kappa shape index (κ1) is 17.8. The Balaban J connectivity index is 1.88. The van der Waals surface area contributed by atoms with Crippen LogP contribution in [0.2, 0.25) is 0 Å². The Morgan fingerprint density at radius 1 is 1.25 bits per heavy atom. The fourth-order valence-electron chi connectivity index (χ4n) is 1.82. The van der Waals surface area contributed by atoms with Crippen LogP contribution in [-0.4, -0.2) is 30.4 Å². The Morgan fingerprint density at radius 3 is 2.67 bits per heavy atom. The van der Waals surface area contributed by atoms with E-state index in [-0.39, 0.29) is 12.4 Å². The number of ether oxygens (including phenoxy) is 2. The fraction of sp³-hybridized carbons (Fsp3) is 0.176. The summed E-state index contributed by atoms with van der Waals surface area (Å²) in [6.45, 7) is 2.18. The molecule has 7 heteroatoms. The van der Waals surface area contributed by atoms with E-state index >= 15 is 0 Å². The number of para-hydroxylation sites is 2. The number of halogens is 1. The first-order valence-corrected chi connectivity index (χ1v) is 8.04. The molecule has 0 unspecified atom stereocenters. The lowest BCUT2D eigenvalue weighted by molar-refractivity contribution is -0.123. The van der Waals surface area contributed by atoms with Crippen molar-refractivity contribution in [2.45, 2.75) is 6.92 Å². The third kappa shape index (κ3) is 5.27. The van der Waals surface area contributed by atoms with Gasteiger partial charge in [0.05, 0.1) is 12.8 Å². The van der Waals surface area contributed by atoms with Gasteiger partial charge in [-0.1, -0.05) is 28.1 Å². The summed E-state index contributed by atoms with van der Waals surface area (Å²) in [4.78, 5) is 11.8. The number of hydrogen-bond acceptors (Lipinski definition) is 5. The minimum atomic E-state index is -0.424.